The Morgan fingerprint density at radius 1 is 0.479 bits per heavy atom. The lowest BCUT2D eigenvalue weighted by atomic mass is 9.96. The van der Waals surface area contributed by atoms with Gasteiger partial charge in [-0.2, -0.15) is 0 Å². The molecule has 1 aliphatic heterocycles. The zero-order chi connectivity index (χ0) is 31.9. The van der Waals surface area contributed by atoms with E-state index in [1.807, 2.05) is 18.5 Å². The fourth-order valence-corrected chi connectivity index (χ4v) is 7.06. The summed E-state index contributed by atoms with van der Waals surface area (Å²) in [5.41, 5.74) is 15.5. The lowest BCUT2D eigenvalue weighted by Gasteiger charge is -2.12. The van der Waals surface area contributed by atoms with Gasteiger partial charge in [0, 0.05) is 29.4 Å². The Labute approximate surface area is 281 Å². The number of hydrogen-bond acceptors (Lipinski definition) is 2. The predicted octanol–water partition coefficient (Wildman–Crippen LogP) is 11.6. The van der Waals surface area contributed by atoms with Gasteiger partial charge in [0.05, 0.1) is 11.4 Å². The van der Waals surface area contributed by atoms with Gasteiger partial charge in [-0.15, -0.1) is 0 Å². The molecule has 1 fully saturated rings. The van der Waals surface area contributed by atoms with Crippen LogP contribution in [0.1, 0.15) is 23.1 Å². The van der Waals surface area contributed by atoms with Crippen LogP contribution in [0.25, 0.3) is 55.4 Å². The monoisotopic (exact) mass is 612 g/mol. The van der Waals surface area contributed by atoms with E-state index in [4.69, 9.17) is 4.99 Å². The van der Waals surface area contributed by atoms with Crippen LogP contribution in [0.4, 0.5) is 0 Å². The molecule has 1 aliphatic carbocycles. The van der Waals surface area contributed by atoms with Crippen LogP contribution in [-0.2, 0) is 0 Å². The predicted molar refractivity (Wildman–Crippen MR) is 200 cm³/mol. The Morgan fingerprint density at radius 2 is 1.10 bits per heavy atom. The number of benzene rings is 6. The molecule has 1 aromatic heterocycles. The molecule has 2 heterocycles. The third-order valence-corrected chi connectivity index (χ3v) is 9.60. The molecule has 0 amide bonds. The van der Waals surface area contributed by atoms with Crippen molar-refractivity contribution < 1.29 is 0 Å². The first-order valence-electron chi connectivity index (χ1n) is 16.6. The smallest absolute Gasteiger partial charge is 0.0712 e. The van der Waals surface area contributed by atoms with Gasteiger partial charge in [0.1, 0.15) is 0 Å². The lowest BCUT2D eigenvalue weighted by Crippen LogP contribution is -2.04. The molecule has 0 N–H and O–H groups in total. The Bertz CT molecular complexity index is 2390. The molecule has 0 saturated heterocycles. The zero-order valence-corrected chi connectivity index (χ0v) is 26.4. The number of pyridine rings is 1. The quantitative estimate of drug-likeness (QED) is 0.183. The van der Waals surface area contributed by atoms with Crippen LogP contribution in [0.2, 0.25) is 0 Å². The first kappa shape index (κ1) is 28.1. The Kier molecular flexibility index (Phi) is 6.98. The third kappa shape index (κ3) is 5.28. The third-order valence-electron chi connectivity index (χ3n) is 9.60. The lowest BCUT2D eigenvalue weighted by molar-refractivity contribution is 1.22. The molecule has 9 rings (SSSR count). The van der Waals surface area contributed by atoms with Crippen LogP contribution in [-0.4, -0.2) is 10.7 Å². The van der Waals surface area contributed by atoms with E-state index in [-0.39, 0.29) is 0 Å². The van der Waals surface area contributed by atoms with Crippen molar-refractivity contribution in [2.24, 2.45) is 10.9 Å². The molecule has 226 valence electrons. The van der Waals surface area contributed by atoms with E-state index in [2.05, 4.69) is 163 Å². The number of fused-ring (bicyclic) bond motifs is 2. The Hall–Kier alpha value is -6.12. The van der Waals surface area contributed by atoms with Crippen molar-refractivity contribution in [2.45, 2.75) is 6.42 Å². The highest BCUT2D eigenvalue weighted by Crippen LogP contribution is 2.49. The van der Waals surface area contributed by atoms with E-state index >= 15 is 0 Å². The SMILES string of the molecule is C1=C(c2cccc(-c3cccc(-c4cccnc4)c3)c2)N=C(c2ccc(-c3cccc4ccccc34)cc2)C2CC2=C1c1ccccc1. The molecule has 1 unspecified atom stereocenters. The second kappa shape index (κ2) is 11.9. The summed E-state index contributed by atoms with van der Waals surface area (Å²) in [6, 6.07) is 56.6. The van der Waals surface area contributed by atoms with Gasteiger partial charge >= 0.3 is 0 Å². The van der Waals surface area contributed by atoms with Crippen molar-refractivity contribution in [2.75, 3.05) is 0 Å². The zero-order valence-electron chi connectivity index (χ0n) is 26.4. The molecule has 0 radical (unpaired) electrons. The Balaban J connectivity index is 1.12. The molecule has 2 heteroatoms. The molecule has 2 nitrogen and oxygen atoms in total. The van der Waals surface area contributed by atoms with E-state index in [1.165, 1.54) is 55.3 Å². The van der Waals surface area contributed by atoms with Crippen molar-refractivity contribution in [3.05, 3.63) is 198 Å². The summed E-state index contributed by atoms with van der Waals surface area (Å²) < 4.78 is 0. The summed E-state index contributed by atoms with van der Waals surface area (Å²) in [5, 5.41) is 2.53. The molecular formula is C46H32N2. The van der Waals surface area contributed by atoms with Crippen molar-refractivity contribution in [1.82, 2.24) is 4.98 Å². The maximum absolute atomic E-state index is 5.49. The molecule has 1 saturated carbocycles. The van der Waals surface area contributed by atoms with Gasteiger partial charge in [0.25, 0.3) is 0 Å². The van der Waals surface area contributed by atoms with Gasteiger partial charge < -0.3 is 0 Å². The van der Waals surface area contributed by atoms with Crippen LogP contribution in [0.5, 0.6) is 0 Å². The van der Waals surface area contributed by atoms with E-state index in [0.29, 0.717) is 5.92 Å². The number of nitrogens with zero attached hydrogens (tertiary/aromatic N) is 2. The molecule has 0 bridgehead atoms. The summed E-state index contributed by atoms with van der Waals surface area (Å²) in [6.07, 6.45) is 7.08. The first-order chi connectivity index (χ1) is 23.8. The maximum atomic E-state index is 5.49. The summed E-state index contributed by atoms with van der Waals surface area (Å²) in [4.78, 5) is 9.82. The molecular weight excluding hydrogens is 581 g/mol. The summed E-state index contributed by atoms with van der Waals surface area (Å²) in [6.45, 7) is 0. The van der Waals surface area contributed by atoms with Crippen molar-refractivity contribution in [1.29, 1.82) is 0 Å². The maximum Gasteiger partial charge on any atom is 0.0712 e. The fourth-order valence-electron chi connectivity index (χ4n) is 7.06. The highest BCUT2D eigenvalue weighted by molar-refractivity contribution is 6.13. The summed E-state index contributed by atoms with van der Waals surface area (Å²) >= 11 is 0. The number of rotatable bonds is 6. The minimum Gasteiger partial charge on any atom is -0.264 e. The Morgan fingerprint density at radius 3 is 1.90 bits per heavy atom. The number of hydrogen-bond donors (Lipinski definition) is 0. The first-order valence-corrected chi connectivity index (χ1v) is 16.6. The minimum atomic E-state index is 0.316. The van der Waals surface area contributed by atoms with Crippen molar-refractivity contribution in [3.63, 3.8) is 0 Å². The van der Waals surface area contributed by atoms with Crippen LogP contribution < -0.4 is 0 Å². The largest absolute Gasteiger partial charge is 0.264 e. The molecule has 6 aromatic carbocycles. The minimum absolute atomic E-state index is 0.316. The highest BCUT2D eigenvalue weighted by Gasteiger charge is 2.39. The average molecular weight is 613 g/mol. The van der Waals surface area contributed by atoms with Gasteiger partial charge in [0.2, 0.25) is 0 Å². The van der Waals surface area contributed by atoms with E-state index in [1.54, 1.807) is 0 Å². The van der Waals surface area contributed by atoms with Gasteiger partial charge in [-0.25, -0.2) is 0 Å². The number of allylic oxidation sites excluding steroid dienone is 3. The van der Waals surface area contributed by atoms with Crippen LogP contribution in [0.3, 0.4) is 0 Å². The second-order valence-electron chi connectivity index (χ2n) is 12.6. The van der Waals surface area contributed by atoms with Gasteiger partial charge in [-0.05, 0) is 86.0 Å². The topological polar surface area (TPSA) is 25.2 Å². The normalized spacial score (nSPS) is 15.4. The van der Waals surface area contributed by atoms with E-state index < -0.39 is 0 Å². The van der Waals surface area contributed by atoms with E-state index in [0.717, 1.165) is 34.5 Å². The van der Waals surface area contributed by atoms with E-state index in [9.17, 15) is 0 Å². The fraction of sp³-hybridized carbons (Fsp3) is 0.0435. The van der Waals surface area contributed by atoms with Crippen LogP contribution >= 0.6 is 0 Å². The van der Waals surface area contributed by atoms with Crippen LogP contribution in [0.15, 0.2) is 187 Å². The molecule has 48 heavy (non-hydrogen) atoms. The highest BCUT2D eigenvalue weighted by atomic mass is 14.8. The van der Waals surface area contributed by atoms with Gasteiger partial charge in [-0.1, -0.05) is 145 Å². The van der Waals surface area contributed by atoms with Crippen molar-refractivity contribution in [3.8, 4) is 33.4 Å². The molecule has 1 atom stereocenters. The van der Waals surface area contributed by atoms with Gasteiger partial charge in [0.15, 0.2) is 0 Å². The molecule has 0 spiro atoms. The standard InChI is InChI=1S/C46H32N2/c1-2-10-32(11-3-1)42-29-45(38-17-7-15-36(27-38)35-14-6-16-37(26-35)39-18-9-25-47-30-39)48-46(44-28-43(42)44)34-23-21-33(22-24-34)41-20-8-13-31-12-4-5-19-40(31)41/h1-27,29-30,44H,28H2. The van der Waals surface area contributed by atoms with Crippen LogP contribution in [0, 0.1) is 5.92 Å². The van der Waals surface area contributed by atoms with Crippen molar-refractivity contribution >= 4 is 27.8 Å². The molecule has 2 aliphatic rings. The summed E-state index contributed by atoms with van der Waals surface area (Å²) in [7, 11) is 0. The summed E-state index contributed by atoms with van der Waals surface area (Å²) in [5.74, 6) is 0.316. The number of aromatic nitrogens is 1. The second-order valence-corrected chi connectivity index (χ2v) is 12.6. The average Bonchev–Trinajstić information content (AvgIpc) is 3.97. The number of aliphatic imine (C=N–C) groups is 1. The molecule has 7 aromatic rings. The van der Waals surface area contributed by atoms with Gasteiger partial charge in [-0.3, -0.25) is 9.98 Å².